The molecule has 0 heterocycles. The molecule has 3 N–H and O–H groups in total. The van der Waals surface area contributed by atoms with Crippen molar-refractivity contribution in [2.45, 2.75) is 6.42 Å². The van der Waals surface area contributed by atoms with E-state index in [1.54, 1.807) is 12.1 Å². The lowest BCUT2D eigenvalue weighted by molar-refractivity contribution is 0.315. The zero-order valence-electron chi connectivity index (χ0n) is 11.2. The minimum atomic E-state index is 0.496. The van der Waals surface area contributed by atoms with Crippen molar-refractivity contribution in [3.05, 3.63) is 54.1 Å². The first kappa shape index (κ1) is 13.8. The summed E-state index contributed by atoms with van der Waals surface area (Å²) >= 11 is 0. The highest BCUT2D eigenvalue weighted by molar-refractivity contribution is 5.61. The third kappa shape index (κ3) is 3.92. The van der Waals surface area contributed by atoms with Gasteiger partial charge in [0.1, 0.15) is 11.8 Å². The normalized spacial score (nSPS) is 9.75. The van der Waals surface area contributed by atoms with Gasteiger partial charge in [0.2, 0.25) is 0 Å². The van der Waals surface area contributed by atoms with E-state index in [2.05, 4.69) is 11.4 Å². The molecule has 0 aliphatic carbocycles. The Hall–Kier alpha value is -2.67. The van der Waals surface area contributed by atoms with E-state index >= 15 is 0 Å². The van der Waals surface area contributed by atoms with Gasteiger partial charge in [-0.2, -0.15) is 5.26 Å². The molecule has 0 aliphatic rings. The number of nitrogens with two attached hydrogens (primary N) is 1. The number of hydrogen-bond donors (Lipinski definition) is 2. The molecular formula is C16H17N3O. The Balaban J connectivity index is 1.72. The number of ether oxygens (including phenoxy) is 1. The molecule has 0 radical (unpaired) electrons. The molecule has 2 aromatic rings. The number of benzene rings is 2. The van der Waals surface area contributed by atoms with E-state index in [-0.39, 0.29) is 0 Å². The van der Waals surface area contributed by atoms with Crippen molar-refractivity contribution in [3.63, 3.8) is 0 Å². The smallest absolute Gasteiger partial charge is 0.119 e. The van der Waals surface area contributed by atoms with Crippen LogP contribution in [-0.4, -0.2) is 13.2 Å². The lowest BCUT2D eigenvalue weighted by Gasteiger charge is -2.09. The molecule has 0 aliphatic heterocycles. The average Bonchev–Trinajstić information content (AvgIpc) is 2.49. The topological polar surface area (TPSA) is 71.1 Å². The van der Waals surface area contributed by atoms with Crippen LogP contribution in [0.2, 0.25) is 0 Å². The molecule has 102 valence electrons. The maximum atomic E-state index is 8.90. The van der Waals surface area contributed by atoms with Crippen LogP contribution in [0.4, 0.5) is 11.4 Å². The summed E-state index contributed by atoms with van der Waals surface area (Å²) < 4.78 is 5.60. The van der Waals surface area contributed by atoms with Crippen LogP contribution in [0.5, 0.6) is 5.75 Å². The van der Waals surface area contributed by atoms with Crippen molar-refractivity contribution < 1.29 is 4.74 Å². The largest absolute Gasteiger partial charge is 0.494 e. The second-order valence-corrected chi connectivity index (χ2v) is 4.36. The first-order valence-corrected chi connectivity index (χ1v) is 6.51. The van der Waals surface area contributed by atoms with E-state index in [0.717, 1.165) is 24.4 Å². The number of rotatable bonds is 6. The Labute approximate surface area is 118 Å². The van der Waals surface area contributed by atoms with Gasteiger partial charge in [-0.3, -0.25) is 0 Å². The molecule has 20 heavy (non-hydrogen) atoms. The molecule has 0 amide bonds. The van der Waals surface area contributed by atoms with Gasteiger partial charge in [-0.05, 0) is 36.8 Å². The van der Waals surface area contributed by atoms with Gasteiger partial charge in [-0.1, -0.05) is 18.2 Å². The Morgan fingerprint density at radius 2 is 1.95 bits per heavy atom. The van der Waals surface area contributed by atoms with E-state index in [1.165, 1.54) is 0 Å². The van der Waals surface area contributed by atoms with Crippen molar-refractivity contribution in [2.24, 2.45) is 0 Å². The molecule has 0 atom stereocenters. The number of anilines is 2. The summed E-state index contributed by atoms with van der Waals surface area (Å²) in [5, 5.41) is 12.1. The van der Waals surface area contributed by atoms with Crippen molar-refractivity contribution in [1.82, 2.24) is 0 Å². The molecule has 2 rings (SSSR count). The van der Waals surface area contributed by atoms with Gasteiger partial charge in [0.25, 0.3) is 0 Å². The van der Waals surface area contributed by atoms with Crippen LogP contribution in [0.15, 0.2) is 48.5 Å². The van der Waals surface area contributed by atoms with Gasteiger partial charge >= 0.3 is 0 Å². The van der Waals surface area contributed by atoms with Crippen LogP contribution in [0.1, 0.15) is 12.0 Å². The fourth-order valence-electron chi connectivity index (χ4n) is 1.77. The summed E-state index contributed by atoms with van der Waals surface area (Å²) in [6, 6.07) is 17.2. The first-order chi connectivity index (χ1) is 9.79. The number of nitrogens with zero attached hydrogens (tertiary/aromatic N) is 1. The minimum absolute atomic E-state index is 0.496. The number of para-hydroxylation sites is 1. The van der Waals surface area contributed by atoms with E-state index in [9.17, 15) is 0 Å². The van der Waals surface area contributed by atoms with Crippen LogP contribution in [0, 0.1) is 11.3 Å². The number of hydrogen-bond acceptors (Lipinski definition) is 4. The van der Waals surface area contributed by atoms with Crippen LogP contribution < -0.4 is 15.8 Å². The summed E-state index contributed by atoms with van der Waals surface area (Å²) in [7, 11) is 0. The minimum Gasteiger partial charge on any atom is -0.494 e. The molecule has 4 heteroatoms. The Kier molecular flexibility index (Phi) is 4.85. The van der Waals surface area contributed by atoms with Gasteiger partial charge < -0.3 is 15.8 Å². The standard InChI is InChI=1S/C16H17N3O/c17-12-13-11-14(7-8-16(13)18)19-9-4-10-20-15-5-2-1-3-6-15/h1-3,5-8,11,19H,4,9-10,18H2. The molecule has 0 aromatic heterocycles. The van der Waals surface area contributed by atoms with Crippen LogP contribution in [0.3, 0.4) is 0 Å². The Morgan fingerprint density at radius 3 is 2.70 bits per heavy atom. The van der Waals surface area contributed by atoms with Gasteiger partial charge in [0, 0.05) is 17.9 Å². The van der Waals surface area contributed by atoms with E-state index < -0.39 is 0 Å². The van der Waals surface area contributed by atoms with E-state index in [4.69, 9.17) is 15.7 Å². The zero-order chi connectivity index (χ0) is 14.2. The quantitative estimate of drug-likeness (QED) is 0.623. The van der Waals surface area contributed by atoms with Crippen molar-refractivity contribution in [3.8, 4) is 11.8 Å². The van der Waals surface area contributed by atoms with Gasteiger partial charge in [0.05, 0.1) is 12.2 Å². The molecule has 0 saturated heterocycles. The predicted octanol–water partition coefficient (Wildman–Crippen LogP) is 3.02. The number of nitrogens with one attached hydrogen (secondary N) is 1. The predicted molar refractivity (Wildman–Crippen MR) is 80.6 cm³/mol. The van der Waals surface area contributed by atoms with Crippen molar-refractivity contribution >= 4 is 11.4 Å². The molecule has 0 saturated carbocycles. The Bertz CT molecular complexity index is 590. The summed E-state index contributed by atoms with van der Waals surface area (Å²) in [5.41, 5.74) is 7.57. The molecule has 0 bridgehead atoms. The molecule has 0 spiro atoms. The molecule has 0 fully saturated rings. The lowest BCUT2D eigenvalue weighted by Crippen LogP contribution is -2.07. The third-order valence-electron chi connectivity index (χ3n) is 2.84. The second kappa shape index (κ2) is 7.05. The SMILES string of the molecule is N#Cc1cc(NCCCOc2ccccc2)ccc1N. The van der Waals surface area contributed by atoms with Crippen molar-refractivity contribution in [1.29, 1.82) is 5.26 Å². The maximum absolute atomic E-state index is 8.90. The second-order valence-electron chi connectivity index (χ2n) is 4.36. The molecular weight excluding hydrogens is 250 g/mol. The van der Waals surface area contributed by atoms with Crippen LogP contribution in [-0.2, 0) is 0 Å². The molecule has 2 aromatic carbocycles. The summed E-state index contributed by atoms with van der Waals surface area (Å²) in [4.78, 5) is 0. The summed E-state index contributed by atoms with van der Waals surface area (Å²) in [5.74, 6) is 0.881. The molecule has 4 nitrogen and oxygen atoms in total. The highest BCUT2D eigenvalue weighted by Crippen LogP contribution is 2.16. The third-order valence-corrected chi connectivity index (χ3v) is 2.84. The first-order valence-electron chi connectivity index (χ1n) is 6.51. The highest BCUT2D eigenvalue weighted by atomic mass is 16.5. The van der Waals surface area contributed by atoms with Gasteiger partial charge in [-0.15, -0.1) is 0 Å². The lowest BCUT2D eigenvalue weighted by atomic mass is 10.2. The summed E-state index contributed by atoms with van der Waals surface area (Å²) in [6.07, 6.45) is 0.876. The van der Waals surface area contributed by atoms with Crippen LogP contribution in [0.25, 0.3) is 0 Å². The Morgan fingerprint density at radius 1 is 1.15 bits per heavy atom. The number of nitrogen functional groups attached to an aromatic ring is 1. The van der Waals surface area contributed by atoms with E-state index in [1.807, 2.05) is 36.4 Å². The fraction of sp³-hybridized carbons (Fsp3) is 0.188. The maximum Gasteiger partial charge on any atom is 0.119 e. The fourth-order valence-corrected chi connectivity index (χ4v) is 1.77. The van der Waals surface area contributed by atoms with Gasteiger partial charge in [-0.25, -0.2) is 0 Å². The summed E-state index contributed by atoms with van der Waals surface area (Å²) in [6.45, 7) is 1.43. The van der Waals surface area contributed by atoms with E-state index in [0.29, 0.717) is 17.9 Å². The van der Waals surface area contributed by atoms with Crippen molar-refractivity contribution in [2.75, 3.05) is 24.2 Å². The van der Waals surface area contributed by atoms with Gasteiger partial charge in [0.15, 0.2) is 0 Å². The van der Waals surface area contributed by atoms with Crippen LogP contribution >= 0.6 is 0 Å². The zero-order valence-corrected chi connectivity index (χ0v) is 11.2. The molecule has 0 unspecified atom stereocenters. The highest BCUT2D eigenvalue weighted by Gasteiger charge is 1.99. The average molecular weight is 267 g/mol. The monoisotopic (exact) mass is 267 g/mol. The number of nitriles is 1.